The lowest BCUT2D eigenvalue weighted by atomic mass is 10.1. The predicted octanol–water partition coefficient (Wildman–Crippen LogP) is 1.92. The van der Waals surface area contributed by atoms with E-state index in [0.29, 0.717) is 0 Å². The van der Waals surface area contributed by atoms with Gasteiger partial charge >= 0.3 is 0 Å². The van der Waals surface area contributed by atoms with Crippen LogP contribution in [0.2, 0.25) is 0 Å². The molecule has 0 spiro atoms. The van der Waals surface area contributed by atoms with Crippen LogP contribution in [0.25, 0.3) is 0 Å². The van der Waals surface area contributed by atoms with Gasteiger partial charge in [-0.15, -0.1) is 0 Å². The number of ether oxygens (including phenoxy) is 1. The van der Waals surface area contributed by atoms with Gasteiger partial charge in [-0.1, -0.05) is 0 Å². The number of fused-ring (bicyclic) bond motifs is 1. The minimum Gasteiger partial charge on any atom is -0.372 e. The van der Waals surface area contributed by atoms with Crippen molar-refractivity contribution in [3.05, 3.63) is 17.7 Å². The third kappa shape index (κ3) is 1.76. The number of aromatic nitrogens is 2. The number of nitrogens with zero attached hydrogens (tertiary/aromatic N) is 2. The van der Waals surface area contributed by atoms with Gasteiger partial charge in [-0.3, -0.25) is 0 Å². The highest BCUT2D eigenvalue weighted by atomic mass is 16.5. The quantitative estimate of drug-likeness (QED) is 0.788. The zero-order valence-electron chi connectivity index (χ0n) is 9.56. The Bertz CT molecular complexity index is 368. The Kier molecular flexibility index (Phi) is 2.69. The maximum Gasteiger partial charge on any atom is 0.110 e. The molecule has 2 atom stereocenters. The molecule has 0 saturated carbocycles. The van der Waals surface area contributed by atoms with E-state index in [9.17, 15) is 0 Å². The van der Waals surface area contributed by atoms with Crippen molar-refractivity contribution < 1.29 is 4.74 Å². The molecule has 4 nitrogen and oxygen atoms in total. The highest BCUT2D eigenvalue weighted by Gasteiger charge is 2.23. The normalized spacial score (nSPS) is 30.1. The fraction of sp³-hybridized carbons (Fsp3) is 0.750. The molecule has 0 radical (unpaired) electrons. The van der Waals surface area contributed by atoms with E-state index in [-0.39, 0.29) is 12.3 Å². The van der Waals surface area contributed by atoms with E-state index in [4.69, 9.17) is 10.5 Å². The smallest absolute Gasteiger partial charge is 0.110 e. The van der Waals surface area contributed by atoms with Crippen LogP contribution < -0.4 is 5.73 Å². The monoisotopic (exact) mass is 221 g/mol. The van der Waals surface area contributed by atoms with Gasteiger partial charge in [0.25, 0.3) is 0 Å². The van der Waals surface area contributed by atoms with Gasteiger partial charge in [0.15, 0.2) is 0 Å². The molecule has 1 saturated heterocycles. The molecule has 1 fully saturated rings. The second-order valence-corrected chi connectivity index (χ2v) is 4.80. The number of nitrogens with two attached hydrogens (primary N) is 1. The SMILES string of the molecule is NC1CCCc2nc(C3CCCCO3)cn21. The van der Waals surface area contributed by atoms with Crippen molar-refractivity contribution in [1.82, 2.24) is 9.55 Å². The Morgan fingerprint density at radius 1 is 1.31 bits per heavy atom. The summed E-state index contributed by atoms with van der Waals surface area (Å²) in [6.45, 7) is 0.874. The van der Waals surface area contributed by atoms with Crippen molar-refractivity contribution in [2.75, 3.05) is 6.61 Å². The molecular formula is C12H19N3O. The molecule has 2 aliphatic rings. The lowest BCUT2D eigenvalue weighted by Gasteiger charge is -2.21. The van der Waals surface area contributed by atoms with E-state index in [0.717, 1.165) is 43.8 Å². The summed E-state index contributed by atoms with van der Waals surface area (Å²) < 4.78 is 7.90. The Labute approximate surface area is 95.8 Å². The van der Waals surface area contributed by atoms with Crippen LogP contribution >= 0.6 is 0 Å². The summed E-state index contributed by atoms with van der Waals surface area (Å²) in [4.78, 5) is 4.68. The van der Waals surface area contributed by atoms with Gasteiger partial charge in [0, 0.05) is 19.2 Å². The molecule has 4 heteroatoms. The summed E-state index contributed by atoms with van der Waals surface area (Å²) >= 11 is 0. The van der Waals surface area contributed by atoms with Gasteiger partial charge in [-0.2, -0.15) is 0 Å². The van der Waals surface area contributed by atoms with Crippen molar-refractivity contribution in [2.45, 2.75) is 50.8 Å². The number of hydrogen-bond donors (Lipinski definition) is 1. The molecular weight excluding hydrogens is 202 g/mol. The number of imidazole rings is 1. The Morgan fingerprint density at radius 2 is 2.25 bits per heavy atom. The lowest BCUT2D eigenvalue weighted by Crippen LogP contribution is -2.24. The zero-order chi connectivity index (χ0) is 11.0. The second kappa shape index (κ2) is 4.18. The van der Waals surface area contributed by atoms with E-state index >= 15 is 0 Å². The molecule has 3 heterocycles. The largest absolute Gasteiger partial charge is 0.372 e. The van der Waals surface area contributed by atoms with Gasteiger partial charge in [-0.25, -0.2) is 4.98 Å². The van der Waals surface area contributed by atoms with E-state index in [2.05, 4.69) is 15.7 Å². The summed E-state index contributed by atoms with van der Waals surface area (Å²) in [5, 5.41) is 0. The molecule has 1 aromatic rings. The number of hydrogen-bond acceptors (Lipinski definition) is 3. The van der Waals surface area contributed by atoms with Crippen LogP contribution in [0.3, 0.4) is 0 Å². The van der Waals surface area contributed by atoms with Gasteiger partial charge < -0.3 is 15.0 Å². The first kappa shape index (κ1) is 10.3. The van der Waals surface area contributed by atoms with Gasteiger partial charge in [0.1, 0.15) is 11.9 Å². The first-order chi connectivity index (χ1) is 7.84. The maximum absolute atomic E-state index is 6.07. The maximum atomic E-state index is 6.07. The number of aryl methyl sites for hydroxylation is 1. The van der Waals surface area contributed by atoms with Crippen LogP contribution in [0.4, 0.5) is 0 Å². The van der Waals surface area contributed by atoms with Crippen LogP contribution in [-0.4, -0.2) is 16.2 Å². The molecule has 1 aromatic heterocycles. The van der Waals surface area contributed by atoms with Gasteiger partial charge in [-0.05, 0) is 32.1 Å². The van der Waals surface area contributed by atoms with Crippen LogP contribution in [0, 0.1) is 0 Å². The molecule has 0 amide bonds. The van der Waals surface area contributed by atoms with Crippen LogP contribution in [0.1, 0.15) is 55.9 Å². The molecule has 88 valence electrons. The molecule has 2 aliphatic heterocycles. The summed E-state index contributed by atoms with van der Waals surface area (Å²) in [7, 11) is 0. The average molecular weight is 221 g/mol. The van der Waals surface area contributed by atoms with Crippen LogP contribution in [0.15, 0.2) is 6.20 Å². The van der Waals surface area contributed by atoms with Crippen LogP contribution in [-0.2, 0) is 11.2 Å². The topological polar surface area (TPSA) is 53.1 Å². The van der Waals surface area contributed by atoms with E-state index < -0.39 is 0 Å². The van der Waals surface area contributed by atoms with Crippen molar-refractivity contribution in [3.63, 3.8) is 0 Å². The van der Waals surface area contributed by atoms with Crippen molar-refractivity contribution >= 4 is 0 Å². The minimum absolute atomic E-state index is 0.119. The molecule has 2 N–H and O–H groups in total. The first-order valence-corrected chi connectivity index (χ1v) is 6.29. The standard InChI is InChI=1S/C12H19N3O/c13-11-5-3-6-12-14-9(8-15(11)12)10-4-1-2-7-16-10/h8,10-11H,1-7,13H2. The highest BCUT2D eigenvalue weighted by Crippen LogP contribution is 2.29. The number of rotatable bonds is 1. The summed E-state index contributed by atoms with van der Waals surface area (Å²) in [5.41, 5.74) is 7.16. The third-order valence-corrected chi connectivity index (χ3v) is 3.59. The fourth-order valence-electron chi connectivity index (χ4n) is 2.66. The molecule has 0 aromatic carbocycles. The van der Waals surface area contributed by atoms with E-state index in [1.807, 2.05) is 0 Å². The third-order valence-electron chi connectivity index (χ3n) is 3.59. The predicted molar refractivity (Wildman–Crippen MR) is 60.9 cm³/mol. The molecule has 0 bridgehead atoms. The fourth-order valence-corrected chi connectivity index (χ4v) is 2.66. The van der Waals surface area contributed by atoms with Crippen molar-refractivity contribution in [2.24, 2.45) is 5.73 Å². The zero-order valence-corrected chi connectivity index (χ0v) is 9.56. The molecule has 16 heavy (non-hydrogen) atoms. The Hall–Kier alpha value is -0.870. The molecule has 0 aliphatic carbocycles. The summed E-state index contributed by atoms with van der Waals surface area (Å²) in [6, 6.07) is 0. The van der Waals surface area contributed by atoms with Crippen LogP contribution in [0.5, 0.6) is 0 Å². The summed E-state index contributed by atoms with van der Waals surface area (Å²) in [5.74, 6) is 1.14. The minimum atomic E-state index is 0.119. The van der Waals surface area contributed by atoms with Gasteiger partial charge in [0.2, 0.25) is 0 Å². The molecule has 3 rings (SSSR count). The lowest BCUT2D eigenvalue weighted by molar-refractivity contribution is 0.0124. The van der Waals surface area contributed by atoms with Gasteiger partial charge in [0.05, 0.1) is 11.9 Å². The first-order valence-electron chi connectivity index (χ1n) is 6.29. The van der Waals surface area contributed by atoms with Crippen molar-refractivity contribution in [1.29, 1.82) is 0 Å². The summed E-state index contributed by atoms with van der Waals surface area (Å²) in [6.07, 6.45) is 9.24. The van der Waals surface area contributed by atoms with Crippen molar-refractivity contribution in [3.8, 4) is 0 Å². The Morgan fingerprint density at radius 3 is 3.00 bits per heavy atom. The van der Waals surface area contributed by atoms with E-state index in [1.165, 1.54) is 12.8 Å². The average Bonchev–Trinajstić information content (AvgIpc) is 2.76. The Balaban J connectivity index is 1.85. The second-order valence-electron chi connectivity index (χ2n) is 4.80. The molecule has 2 unspecified atom stereocenters. The highest BCUT2D eigenvalue weighted by molar-refractivity contribution is 5.10. The van der Waals surface area contributed by atoms with E-state index in [1.54, 1.807) is 0 Å².